The minimum atomic E-state index is -0.738. The Labute approximate surface area is 231 Å². The van der Waals surface area contributed by atoms with Gasteiger partial charge in [0.2, 0.25) is 17.7 Å². The summed E-state index contributed by atoms with van der Waals surface area (Å²) in [6, 6.07) is 11.3. The van der Waals surface area contributed by atoms with Crippen LogP contribution in [0.1, 0.15) is 51.2 Å². The molecule has 2 atom stereocenters. The Morgan fingerprint density at radius 2 is 1.95 bits per heavy atom. The van der Waals surface area contributed by atoms with E-state index in [4.69, 9.17) is 14.2 Å². The van der Waals surface area contributed by atoms with E-state index >= 15 is 0 Å². The summed E-state index contributed by atoms with van der Waals surface area (Å²) in [5.41, 5.74) is 3.92. The van der Waals surface area contributed by atoms with Crippen molar-refractivity contribution in [2.75, 3.05) is 23.5 Å². The van der Waals surface area contributed by atoms with E-state index in [9.17, 15) is 9.59 Å². The number of fused-ring (bicyclic) bond motifs is 2. The summed E-state index contributed by atoms with van der Waals surface area (Å²) in [5, 5.41) is 5.94. The number of hydrogen-bond acceptors (Lipinski definition) is 8. The molecule has 0 spiro atoms. The number of carbonyl (C=O) groups is 2. The molecule has 204 valence electrons. The van der Waals surface area contributed by atoms with Crippen molar-refractivity contribution in [3.05, 3.63) is 48.2 Å². The van der Waals surface area contributed by atoms with E-state index in [1.165, 1.54) is 11.8 Å². The Kier molecular flexibility index (Phi) is 6.95. The summed E-state index contributed by atoms with van der Waals surface area (Å²) < 4.78 is 18.3. The van der Waals surface area contributed by atoms with Gasteiger partial charge in [-0.3, -0.25) is 14.6 Å². The fourth-order valence-electron chi connectivity index (χ4n) is 5.86. The molecule has 10 heteroatoms. The normalized spacial score (nSPS) is 26.1. The Bertz CT molecular complexity index is 1420. The van der Waals surface area contributed by atoms with Crippen molar-refractivity contribution in [2.24, 2.45) is 11.8 Å². The van der Waals surface area contributed by atoms with Crippen LogP contribution in [0.4, 0.5) is 11.4 Å². The molecule has 1 saturated heterocycles. The van der Waals surface area contributed by atoms with Crippen molar-refractivity contribution in [1.82, 2.24) is 9.97 Å². The van der Waals surface area contributed by atoms with Crippen LogP contribution in [0.25, 0.3) is 11.0 Å². The highest BCUT2D eigenvalue weighted by molar-refractivity contribution is 8.00. The summed E-state index contributed by atoms with van der Waals surface area (Å²) in [6.07, 6.45) is 4.57. The third-order valence-electron chi connectivity index (χ3n) is 7.72. The van der Waals surface area contributed by atoms with Gasteiger partial charge in [-0.15, -0.1) is 11.8 Å². The summed E-state index contributed by atoms with van der Waals surface area (Å²) in [7, 11) is 1.60. The lowest BCUT2D eigenvalue weighted by atomic mass is 9.77. The Morgan fingerprint density at radius 3 is 2.74 bits per heavy atom. The quantitative estimate of drug-likeness (QED) is 0.441. The zero-order valence-corrected chi connectivity index (χ0v) is 23.0. The maximum atomic E-state index is 13.1. The lowest BCUT2D eigenvalue weighted by molar-refractivity contribution is -0.152. The molecule has 39 heavy (non-hydrogen) atoms. The van der Waals surface area contributed by atoms with Crippen LogP contribution in [0.5, 0.6) is 5.88 Å². The standard InChI is InChI=1S/C29H32N4O5S/c1-29(2)37-26(27(38-29)19-12-13-30-20-9-11-24(36-3)33-25(19)20)16-4-6-17(7-5-16)28(35)31-18-8-10-22-21(14-18)32-23(34)15-39-22/h8-14,16-17,26-27H,4-7,15H2,1-3H3,(H,31,35)(H,32,34)/t16?,17?,26-,27-/m1/s1. The lowest BCUT2D eigenvalue weighted by Gasteiger charge is -2.33. The van der Waals surface area contributed by atoms with Crippen molar-refractivity contribution in [1.29, 1.82) is 0 Å². The minimum absolute atomic E-state index is 0.0140. The van der Waals surface area contributed by atoms with Crippen LogP contribution in [0.15, 0.2) is 47.5 Å². The molecule has 3 aliphatic rings. The van der Waals surface area contributed by atoms with E-state index < -0.39 is 5.79 Å². The van der Waals surface area contributed by atoms with Gasteiger partial charge in [0.05, 0.1) is 35.7 Å². The molecule has 2 aliphatic heterocycles. The Balaban J connectivity index is 1.15. The molecule has 4 heterocycles. The van der Waals surface area contributed by atoms with Gasteiger partial charge in [0.1, 0.15) is 6.10 Å². The maximum absolute atomic E-state index is 13.1. The second kappa shape index (κ2) is 10.4. The highest BCUT2D eigenvalue weighted by atomic mass is 32.2. The molecule has 1 aliphatic carbocycles. The fraction of sp³-hybridized carbons (Fsp3) is 0.448. The summed E-state index contributed by atoms with van der Waals surface area (Å²) in [6.45, 7) is 3.88. The number of amides is 2. The van der Waals surface area contributed by atoms with Crippen LogP contribution in [0, 0.1) is 11.8 Å². The van der Waals surface area contributed by atoms with Gasteiger partial charge in [-0.2, -0.15) is 0 Å². The third-order valence-corrected chi connectivity index (χ3v) is 8.80. The number of benzene rings is 1. The Hall–Kier alpha value is -3.21. The van der Waals surface area contributed by atoms with Crippen molar-refractivity contribution in [2.45, 2.75) is 62.4 Å². The van der Waals surface area contributed by atoms with E-state index in [0.717, 1.165) is 52.9 Å². The van der Waals surface area contributed by atoms with Gasteiger partial charge in [-0.25, -0.2) is 4.98 Å². The van der Waals surface area contributed by atoms with Crippen LogP contribution >= 0.6 is 11.8 Å². The summed E-state index contributed by atoms with van der Waals surface area (Å²) in [4.78, 5) is 35.0. The molecule has 9 nitrogen and oxygen atoms in total. The number of aromatic nitrogens is 2. The predicted molar refractivity (Wildman–Crippen MR) is 149 cm³/mol. The lowest BCUT2D eigenvalue weighted by Crippen LogP contribution is -2.34. The zero-order valence-electron chi connectivity index (χ0n) is 22.2. The number of anilines is 2. The molecule has 3 aromatic rings. The van der Waals surface area contributed by atoms with Crippen molar-refractivity contribution in [3.63, 3.8) is 0 Å². The number of nitrogens with one attached hydrogen (secondary N) is 2. The number of nitrogens with zero attached hydrogens (tertiary/aromatic N) is 2. The number of rotatable bonds is 5. The first-order chi connectivity index (χ1) is 18.8. The topological polar surface area (TPSA) is 112 Å². The van der Waals surface area contributed by atoms with Crippen LogP contribution in [-0.4, -0.2) is 46.5 Å². The second-order valence-electron chi connectivity index (χ2n) is 10.8. The average Bonchev–Trinajstić information content (AvgIpc) is 3.27. The first kappa shape index (κ1) is 26.0. The average molecular weight is 549 g/mol. The van der Waals surface area contributed by atoms with Crippen LogP contribution < -0.4 is 15.4 Å². The van der Waals surface area contributed by atoms with Gasteiger partial charge < -0.3 is 24.8 Å². The molecule has 6 rings (SSSR count). The molecule has 2 aromatic heterocycles. The predicted octanol–water partition coefficient (Wildman–Crippen LogP) is 5.32. The molecule has 2 amide bonds. The van der Waals surface area contributed by atoms with Crippen LogP contribution in [-0.2, 0) is 19.1 Å². The summed E-state index contributed by atoms with van der Waals surface area (Å²) in [5.74, 6) is 0.353. The van der Waals surface area contributed by atoms with Crippen molar-refractivity contribution < 1.29 is 23.8 Å². The molecular weight excluding hydrogens is 516 g/mol. The SMILES string of the molecule is COc1ccc2nccc([C@H]3OC(C)(C)O[C@@H]3C3CCC(C(=O)Nc4ccc5c(c4)NC(=O)CS5)CC3)c2n1. The molecule has 0 bridgehead atoms. The molecule has 2 N–H and O–H groups in total. The van der Waals surface area contributed by atoms with Gasteiger partial charge in [0.15, 0.2) is 5.79 Å². The number of methoxy groups -OCH3 is 1. The van der Waals surface area contributed by atoms with Gasteiger partial charge in [0, 0.05) is 34.3 Å². The van der Waals surface area contributed by atoms with E-state index in [-0.39, 0.29) is 35.9 Å². The van der Waals surface area contributed by atoms with E-state index in [2.05, 4.69) is 20.6 Å². The fourth-order valence-corrected chi connectivity index (χ4v) is 6.65. The van der Waals surface area contributed by atoms with E-state index in [1.807, 2.05) is 44.2 Å². The molecular formula is C29H32N4O5S. The van der Waals surface area contributed by atoms with Gasteiger partial charge in [-0.1, -0.05) is 0 Å². The highest BCUT2D eigenvalue weighted by Crippen LogP contribution is 2.47. The minimum Gasteiger partial charge on any atom is -0.481 e. The van der Waals surface area contributed by atoms with Crippen molar-refractivity contribution in [3.8, 4) is 5.88 Å². The van der Waals surface area contributed by atoms with Gasteiger partial charge in [-0.05, 0) is 75.8 Å². The van der Waals surface area contributed by atoms with Crippen LogP contribution in [0.3, 0.4) is 0 Å². The highest BCUT2D eigenvalue weighted by Gasteiger charge is 2.47. The van der Waals surface area contributed by atoms with Gasteiger partial charge >= 0.3 is 0 Å². The largest absolute Gasteiger partial charge is 0.481 e. The first-order valence-electron chi connectivity index (χ1n) is 13.3. The number of pyridine rings is 2. The molecule has 1 saturated carbocycles. The third kappa shape index (κ3) is 5.33. The number of hydrogen-bond donors (Lipinski definition) is 2. The van der Waals surface area contributed by atoms with Crippen molar-refractivity contribution >= 4 is 46.0 Å². The smallest absolute Gasteiger partial charge is 0.234 e. The van der Waals surface area contributed by atoms with E-state index in [1.54, 1.807) is 19.4 Å². The number of ether oxygens (including phenoxy) is 3. The zero-order chi connectivity index (χ0) is 27.1. The number of carbonyl (C=O) groups excluding carboxylic acids is 2. The number of thioether (sulfide) groups is 1. The molecule has 1 aromatic carbocycles. The molecule has 2 fully saturated rings. The second-order valence-corrected chi connectivity index (χ2v) is 11.8. The molecule has 0 radical (unpaired) electrons. The summed E-state index contributed by atoms with van der Waals surface area (Å²) >= 11 is 1.50. The maximum Gasteiger partial charge on any atom is 0.234 e. The Morgan fingerprint density at radius 1 is 1.13 bits per heavy atom. The molecule has 0 unspecified atom stereocenters. The first-order valence-corrected chi connectivity index (χ1v) is 14.3. The monoisotopic (exact) mass is 548 g/mol. The van der Waals surface area contributed by atoms with Crippen LogP contribution in [0.2, 0.25) is 0 Å². The van der Waals surface area contributed by atoms with Gasteiger partial charge in [0.25, 0.3) is 0 Å². The van der Waals surface area contributed by atoms with E-state index in [0.29, 0.717) is 17.3 Å².